The summed E-state index contributed by atoms with van der Waals surface area (Å²) in [6, 6.07) is 3.70. The Hall–Kier alpha value is -1.87. The van der Waals surface area contributed by atoms with Crippen LogP contribution in [0.5, 0.6) is 11.5 Å². The molecule has 2 aliphatic rings. The summed E-state index contributed by atoms with van der Waals surface area (Å²) in [4.78, 5) is 5.56. The molecule has 0 aliphatic carbocycles. The third kappa shape index (κ3) is 5.81. The molecular weight excluding hydrogens is 397 g/mol. The Labute approximate surface area is 167 Å². The Balaban J connectivity index is 1.46. The van der Waals surface area contributed by atoms with Gasteiger partial charge in [-0.3, -0.25) is 9.89 Å². The standard InChI is InChI=1S/C18H24ClF3N4O2/c1-23-17(25-13-3-5-26(10-13)11-18(20,21)22)24-4-2-12-8-14(19)16-15(9-12)27-6-7-28-16/h8-9,13H,2-7,10-11H2,1H3,(H2,23,24,25). The summed E-state index contributed by atoms with van der Waals surface area (Å²) in [5.41, 5.74) is 0.995. The lowest BCUT2D eigenvalue weighted by atomic mass is 10.1. The number of nitrogens with zero attached hydrogens (tertiary/aromatic N) is 2. The molecule has 0 bridgehead atoms. The molecule has 156 valence electrons. The SMILES string of the molecule is CN=C(NCCc1cc(Cl)c2c(c1)OCCO2)NC1CCN(CC(F)(F)F)C1. The smallest absolute Gasteiger partial charge is 0.401 e. The Morgan fingerprint density at radius 3 is 2.86 bits per heavy atom. The van der Waals surface area contributed by atoms with Crippen molar-refractivity contribution in [1.29, 1.82) is 0 Å². The summed E-state index contributed by atoms with van der Waals surface area (Å²) in [5, 5.41) is 6.90. The van der Waals surface area contributed by atoms with Crippen molar-refractivity contribution in [2.24, 2.45) is 4.99 Å². The van der Waals surface area contributed by atoms with Gasteiger partial charge in [-0.05, 0) is 30.5 Å². The van der Waals surface area contributed by atoms with Crippen LogP contribution in [0.15, 0.2) is 17.1 Å². The van der Waals surface area contributed by atoms with E-state index >= 15 is 0 Å². The van der Waals surface area contributed by atoms with Crippen molar-refractivity contribution in [3.05, 3.63) is 22.7 Å². The Morgan fingerprint density at radius 2 is 2.11 bits per heavy atom. The van der Waals surface area contributed by atoms with Crippen LogP contribution in [0.1, 0.15) is 12.0 Å². The zero-order valence-corrected chi connectivity index (χ0v) is 16.4. The van der Waals surface area contributed by atoms with E-state index in [1.54, 1.807) is 7.05 Å². The van der Waals surface area contributed by atoms with E-state index in [-0.39, 0.29) is 6.04 Å². The first-order valence-corrected chi connectivity index (χ1v) is 9.56. The van der Waals surface area contributed by atoms with Crippen LogP contribution in [-0.2, 0) is 6.42 Å². The molecule has 2 heterocycles. The van der Waals surface area contributed by atoms with Crippen molar-refractivity contribution in [2.45, 2.75) is 25.1 Å². The molecule has 2 N–H and O–H groups in total. The van der Waals surface area contributed by atoms with E-state index in [4.69, 9.17) is 21.1 Å². The number of alkyl halides is 3. The van der Waals surface area contributed by atoms with Crippen molar-refractivity contribution in [3.63, 3.8) is 0 Å². The molecule has 1 unspecified atom stereocenters. The van der Waals surface area contributed by atoms with Crippen LogP contribution in [0.4, 0.5) is 13.2 Å². The van der Waals surface area contributed by atoms with Crippen molar-refractivity contribution >= 4 is 17.6 Å². The normalized spacial score (nSPS) is 20.3. The Morgan fingerprint density at radius 1 is 1.32 bits per heavy atom. The molecule has 10 heteroatoms. The highest BCUT2D eigenvalue weighted by Crippen LogP contribution is 2.38. The van der Waals surface area contributed by atoms with E-state index in [0.29, 0.717) is 68.2 Å². The molecule has 6 nitrogen and oxygen atoms in total. The van der Waals surface area contributed by atoms with Crippen LogP contribution in [0.25, 0.3) is 0 Å². The van der Waals surface area contributed by atoms with Crippen LogP contribution in [-0.4, -0.2) is 69.5 Å². The quantitative estimate of drug-likeness (QED) is 0.566. The second kappa shape index (κ2) is 9.09. The number of likely N-dealkylation sites (tertiary alicyclic amines) is 1. The van der Waals surface area contributed by atoms with Gasteiger partial charge in [0, 0.05) is 32.7 Å². The van der Waals surface area contributed by atoms with Crippen LogP contribution in [0, 0.1) is 0 Å². The van der Waals surface area contributed by atoms with Gasteiger partial charge in [-0.2, -0.15) is 13.2 Å². The Kier molecular flexibility index (Phi) is 6.77. The molecule has 2 aliphatic heterocycles. The highest BCUT2D eigenvalue weighted by Gasteiger charge is 2.34. The average molecular weight is 421 g/mol. The van der Waals surface area contributed by atoms with Gasteiger partial charge in [-0.25, -0.2) is 0 Å². The first-order chi connectivity index (χ1) is 13.3. The van der Waals surface area contributed by atoms with Gasteiger partial charge in [0.05, 0.1) is 11.6 Å². The van der Waals surface area contributed by atoms with Crippen LogP contribution in [0.3, 0.4) is 0 Å². The number of nitrogens with one attached hydrogen (secondary N) is 2. The van der Waals surface area contributed by atoms with Gasteiger partial charge in [-0.15, -0.1) is 0 Å². The van der Waals surface area contributed by atoms with Crippen molar-refractivity contribution in [1.82, 2.24) is 15.5 Å². The highest BCUT2D eigenvalue weighted by atomic mass is 35.5. The summed E-state index contributed by atoms with van der Waals surface area (Å²) < 4.78 is 48.6. The molecule has 0 aromatic heterocycles. The van der Waals surface area contributed by atoms with Crippen LogP contribution < -0.4 is 20.1 Å². The van der Waals surface area contributed by atoms with E-state index in [2.05, 4.69) is 15.6 Å². The molecule has 1 saturated heterocycles. The summed E-state index contributed by atoms with van der Waals surface area (Å²) in [6.07, 6.45) is -2.84. The van der Waals surface area contributed by atoms with Crippen molar-refractivity contribution < 1.29 is 22.6 Å². The molecule has 28 heavy (non-hydrogen) atoms. The molecule has 3 rings (SSSR count). The fourth-order valence-electron chi connectivity index (χ4n) is 3.37. The number of aliphatic imine (C=N–C) groups is 1. The van der Waals surface area contributed by atoms with E-state index < -0.39 is 12.7 Å². The molecule has 0 saturated carbocycles. The zero-order valence-electron chi connectivity index (χ0n) is 15.6. The molecule has 1 fully saturated rings. The third-order valence-electron chi connectivity index (χ3n) is 4.60. The first-order valence-electron chi connectivity index (χ1n) is 9.18. The molecule has 0 radical (unpaired) electrons. The van der Waals surface area contributed by atoms with E-state index in [0.717, 1.165) is 5.56 Å². The van der Waals surface area contributed by atoms with E-state index in [1.807, 2.05) is 12.1 Å². The van der Waals surface area contributed by atoms with Crippen LogP contribution >= 0.6 is 11.6 Å². The van der Waals surface area contributed by atoms with Gasteiger partial charge in [0.1, 0.15) is 13.2 Å². The maximum Gasteiger partial charge on any atom is 0.401 e. The second-order valence-corrected chi connectivity index (χ2v) is 7.24. The summed E-state index contributed by atoms with van der Waals surface area (Å²) in [7, 11) is 1.64. The maximum absolute atomic E-state index is 12.5. The number of hydrogen-bond acceptors (Lipinski definition) is 4. The van der Waals surface area contributed by atoms with E-state index in [9.17, 15) is 13.2 Å². The molecule has 0 spiro atoms. The predicted octanol–water partition coefficient (Wildman–Crippen LogP) is 2.46. The molecule has 0 amide bonds. The minimum Gasteiger partial charge on any atom is -0.486 e. The Bertz CT molecular complexity index is 715. The fourth-order valence-corrected chi connectivity index (χ4v) is 3.66. The topological polar surface area (TPSA) is 58.1 Å². The second-order valence-electron chi connectivity index (χ2n) is 6.83. The number of guanidine groups is 1. The maximum atomic E-state index is 12.5. The minimum absolute atomic E-state index is 0.0581. The summed E-state index contributed by atoms with van der Waals surface area (Å²) >= 11 is 6.24. The van der Waals surface area contributed by atoms with Gasteiger partial charge < -0.3 is 20.1 Å². The number of benzene rings is 1. The average Bonchev–Trinajstić information content (AvgIpc) is 3.06. The molecule has 1 aromatic rings. The van der Waals surface area contributed by atoms with Crippen molar-refractivity contribution in [3.8, 4) is 11.5 Å². The lowest BCUT2D eigenvalue weighted by Crippen LogP contribution is -2.45. The number of hydrogen-bond donors (Lipinski definition) is 2. The molecule has 1 atom stereocenters. The fraction of sp³-hybridized carbons (Fsp3) is 0.611. The van der Waals surface area contributed by atoms with Gasteiger partial charge in [0.15, 0.2) is 17.5 Å². The largest absolute Gasteiger partial charge is 0.486 e. The number of ether oxygens (including phenoxy) is 2. The lowest BCUT2D eigenvalue weighted by Gasteiger charge is -2.21. The third-order valence-corrected chi connectivity index (χ3v) is 4.88. The minimum atomic E-state index is -4.17. The van der Waals surface area contributed by atoms with Gasteiger partial charge >= 0.3 is 6.18 Å². The predicted molar refractivity (Wildman–Crippen MR) is 102 cm³/mol. The number of fused-ring (bicyclic) bond motifs is 1. The summed E-state index contributed by atoms with van der Waals surface area (Å²) in [5.74, 6) is 1.79. The van der Waals surface area contributed by atoms with Gasteiger partial charge in [0.2, 0.25) is 0 Å². The van der Waals surface area contributed by atoms with Crippen molar-refractivity contribution in [2.75, 3.05) is 46.4 Å². The zero-order chi connectivity index (χ0) is 20.1. The number of halogens is 4. The molecule has 1 aromatic carbocycles. The van der Waals surface area contributed by atoms with Crippen LogP contribution in [0.2, 0.25) is 5.02 Å². The lowest BCUT2D eigenvalue weighted by molar-refractivity contribution is -0.143. The molecular formula is C18H24ClF3N4O2. The van der Waals surface area contributed by atoms with E-state index in [1.165, 1.54) is 4.90 Å². The monoisotopic (exact) mass is 420 g/mol. The highest BCUT2D eigenvalue weighted by molar-refractivity contribution is 6.32. The number of rotatable bonds is 5. The first kappa shape index (κ1) is 20.9. The summed E-state index contributed by atoms with van der Waals surface area (Å²) in [6.45, 7) is 1.46. The van der Waals surface area contributed by atoms with Gasteiger partial charge in [-0.1, -0.05) is 11.6 Å². The van der Waals surface area contributed by atoms with Gasteiger partial charge in [0.25, 0.3) is 0 Å².